The lowest BCUT2D eigenvalue weighted by Crippen LogP contribution is -2.44. The van der Waals surface area contributed by atoms with E-state index in [0.29, 0.717) is 18.9 Å². The summed E-state index contributed by atoms with van der Waals surface area (Å²) in [7, 11) is 0. The van der Waals surface area contributed by atoms with Crippen LogP contribution in [-0.2, 0) is 9.53 Å². The van der Waals surface area contributed by atoms with Crippen molar-refractivity contribution in [1.82, 2.24) is 15.3 Å². The number of hydrogen-bond donors (Lipinski definition) is 2. The lowest BCUT2D eigenvalue weighted by atomic mass is 10.1. The second kappa shape index (κ2) is 6.53. The highest BCUT2D eigenvalue weighted by atomic mass is 16.5. The van der Waals surface area contributed by atoms with Crippen molar-refractivity contribution in [2.75, 3.05) is 6.61 Å². The summed E-state index contributed by atoms with van der Waals surface area (Å²) in [6.45, 7) is 0.311. The standard InChI is InChI=1S/C16H15N3O4/c20-15(19-12-6-7-23-13(12)16(21)22)11-8-17-14(18-9-11)10-4-2-1-3-5-10/h1-5,8-9,12-13H,6-7H2,(H,19,20)(H,21,22)/t12-,13+/m0/s1. The molecule has 2 heterocycles. The van der Waals surface area contributed by atoms with Gasteiger partial charge in [0.1, 0.15) is 0 Å². The molecule has 2 N–H and O–H groups in total. The zero-order chi connectivity index (χ0) is 16.2. The summed E-state index contributed by atoms with van der Waals surface area (Å²) in [6, 6.07) is 8.86. The van der Waals surface area contributed by atoms with Gasteiger partial charge in [-0.05, 0) is 6.42 Å². The molecule has 23 heavy (non-hydrogen) atoms. The Morgan fingerprint density at radius 2 is 1.87 bits per heavy atom. The van der Waals surface area contributed by atoms with Gasteiger partial charge >= 0.3 is 5.97 Å². The van der Waals surface area contributed by atoms with Gasteiger partial charge in [0.15, 0.2) is 11.9 Å². The minimum absolute atomic E-state index is 0.278. The molecule has 0 aliphatic carbocycles. The highest BCUT2D eigenvalue weighted by molar-refractivity contribution is 5.94. The molecule has 0 unspecified atom stereocenters. The molecule has 1 saturated heterocycles. The van der Waals surface area contributed by atoms with Gasteiger partial charge in [-0.15, -0.1) is 0 Å². The van der Waals surface area contributed by atoms with Crippen LogP contribution in [0.25, 0.3) is 11.4 Å². The van der Waals surface area contributed by atoms with Gasteiger partial charge in [0, 0.05) is 24.6 Å². The van der Waals surface area contributed by atoms with Crippen molar-refractivity contribution in [3.63, 3.8) is 0 Å². The van der Waals surface area contributed by atoms with Crippen LogP contribution in [0.5, 0.6) is 0 Å². The van der Waals surface area contributed by atoms with Crippen molar-refractivity contribution in [1.29, 1.82) is 0 Å². The molecule has 1 amide bonds. The second-order valence-corrected chi connectivity index (χ2v) is 5.16. The number of aromatic nitrogens is 2. The van der Waals surface area contributed by atoms with Crippen molar-refractivity contribution in [3.05, 3.63) is 48.3 Å². The normalized spacial score (nSPS) is 20.2. The number of hydrogen-bond acceptors (Lipinski definition) is 5. The quantitative estimate of drug-likeness (QED) is 0.877. The molecule has 7 nitrogen and oxygen atoms in total. The SMILES string of the molecule is O=C(N[C@H]1CCO[C@H]1C(=O)O)c1cnc(-c2ccccc2)nc1. The van der Waals surface area contributed by atoms with Crippen LogP contribution in [0.15, 0.2) is 42.7 Å². The largest absolute Gasteiger partial charge is 0.479 e. The van der Waals surface area contributed by atoms with Crippen molar-refractivity contribution < 1.29 is 19.4 Å². The Hall–Kier alpha value is -2.80. The van der Waals surface area contributed by atoms with Crippen LogP contribution in [0.1, 0.15) is 16.8 Å². The first-order chi connectivity index (χ1) is 11.1. The fourth-order valence-corrected chi connectivity index (χ4v) is 2.41. The monoisotopic (exact) mass is 313 g/mol. The van der Waals surface area contributed by atoms with Gasteiger partial charge in [-0.25, -0.2) is 14.8 Å². The number of carbonyl (C=O) groups is 2. The number of ether oxygens (including phenoxy) is 1. The predicted molar refractivity (Wildman–Crippen MR) is 80.7 cm³/mol. The van der Waals surface area contributed by atoms with E-state index in [2.05, 4.69) is 15.3 Å². The highest BCUT2D eigenvalue weighted by Gasteiger charge is 2.35. The average molecular weight is 313 g/mol. The van der Waals surface area contributed by atoms with Gasteiger partial charge in [0.05, 0.1) is 11.6 Å². The van der Waals surface area contributed by atoms with Gasteiger partial charge in [0.25, 0.3) is 5.91 Å². The average Bonchev–Trinajstić information content (AvgIpc) is 3.04. The van der Waals surface area contributed by atoms with Gasteiger partial charge in [0.2, 0.25) is 0 Å². The van der Waals surface area contributed by atoms with Crippen molar-refractivity contribution >= 4 is 11.9 Å². The molecule has 1 aromatic heterocycles. The zero-order valence-corrected chi connectivity index (χ0v) is 12.2. The third-order valence-electron chi connectivity index (χ3n) is 3.60. The first kappa shape index (κ1) is 15.1. The second-order valence-electron chi connectivity index (χ2n) is 5.16. The number of benzene rings is 1. The number of carbonyl (C=O) groups excluding carboxylic acids is 1. The van der Waals surface area contributed by atoms with Crippen LogP contribution in [0.2, 0.25) is 0 Å². The lowest BCUT2D eigenvalue weighted by Gasteiger charge is -2.16. The number of nitrogens with one attached hydrogen (secondary N) is 1. The molecule has 0 radical (unpaired) electrons. The summed E-state index contributed by atoms with van der Waals surface area (Å²) in [4.78, 5) is 31.6. The Balaban J connectivity index is 1.70. The summed E-state index contributed by atoms with van der Waals surface area (Å²) in [5, 5.41) is 11.7. The molecule has 2 aromatic rings. The minimum atomic E-state index is -1.08. The van der Waals surface area contributed by atoms with E-state index < -0.39 is 24.0 Å². The number of carboxylic acid groups (broad SMARTS) is 1. The van der Waals surface area contributed by atoms with E-state index >= 15 is 0 Å². The fraction of sp³-hybridized carbons (Fsp3) is 0.250. The van der Waals surface area contributed by atoms with E-state index in [4.69, 9.17) is 9.84 Å². The molecule has 0 saturated carbocycles. The van der Waals surface area contributed by atoms with Gasteiger partial charge in [-0.2, -0.15) is 0 Å². The van der Waals surface area contributed by atoms with E-state index in [1.165, 1.54) is 12.4 Å². The maximum Gasteiger partial charge on any atom is 0.334 e. The van der Waals surface area contributed by atoms with Crippen LogP contribution in [0.3, 0.4) is 0 Å². The minimum Gasteiger partial charge on any atom is -0.479 e. The number of aliphatic carboxylic acids is 1. The summed E-state index contributed by atoms with van der Waals surface area (Å²) < 4.78 is 5.10. The molecule has 2 atom stereocenters. The van der Waals surface area contributed by atoms with E-state index in [9.17, 15) is 9.59 Å². The van der Waals surface area contributed by atoms with Gasteiger partial charge < -0.3 is 15.2 Å². The Kier molecular flexibility index (Phi) is 4.29. The Morgan fingerprint density at radius 3 is 2.52 bits per heavy atom. The molecule has 3 rings (SSSR count). The summed E-state index contributed by atoms with van der Waals surface area (Å²) in [5.41, 5.74) is 1.13. The third-order valence-corrected chi connectivity index (χ3v) is 3.60. The Labute approximate surface area is 132 Å². The molecule has 1 aliphatic heterocycles. The van der Waals surface area contributed by atoms with Crippen LogP contribution in [0.4, 0.5) is 0 Å². The number of rotatable bonds is 4. The molecular formula is C16H15N3O4. The topological polar surface area (TPSA) is 101 Å². The molecule has 118 valence electrons. The number of nitrogens with zero attached hydrogens (tertiary/aromatic N) is 2. The van der Waals surface area contributed by atoms with Crippen LogP contribution >= 0.6 is 0 Å². The van der Waals surface area contributed by atoms with E-state index in [-0.39, 0.29) is 5.56 Å². The molecule has 1 aliphatic rings. The van der Waals surface area contributed by atoms with E-state index in [1.54, 1.807) is 0 Å². The van der Waals surface area contributed by atoms with Gasteiger partial charge in [-0.1, -0.05) is 30.3 Å². The van der Waals surface area contributed by atoms with Crippen molar-refractivity contribution in [3.8, 4) is 11.4 Å². The van der Waals surface area contributed by atoms with Crippen LogP contribution in [-0.4, -0.2) is 45.7 Å². The Morgan fingerprint density at radius 1 is 1.17 bits per heavy atom. The molecule has 0 spiro atoms. The van der Waals surface area contributed by atoms with Crippen LogP contribution < -0.4 is 5.32 Å². The summed E-state index contributed by atoms with van der Waals surface area (Å²) in [5.74, 6) is -0.968. The fourth-order valence-electron chi connectivity index (χ4n) is 2.41. The third kappa shape index (κ3) is 3.35. The lowest BCUT2D eigenvalue weighted by molar-refractivity contribution is -0.148. The molecule has 7 heteroatoms. The van der Waals surface area contributed by atoms with E-state index in [0.717, 1.165) is 5.56 Å². The maximum absolute atomic E-state index is 12.2. The molecule has 1 aromatic carbocycles. The van der Waals surface area contributed by atoms with Gasteiger partial charge in [-0.3, -0.25) is 4.79 Å². The molecular weight excluding hydrogens is 298 g/mol. The molecule has 1 fully saturated rings. The Bertz CT molecular complexity index is 703. The predicted octanol–water partition coefficient (Wildman–Crippen LogP) is 1.12. The number of amides is 1. The van der Waals surface area contributed by atoms with E-state index in [1.807, 2.05) is 30.3 Å². The van der Waals surface area contributed by atoms with Crippen LogP contribution in [0, 0.1) is 0 Å². The summed E-state index contributed by atoms with van der Waals surface area (Å²) >= 11 is 0. The molecule has 0 bridgehead atoms. The first-order valence-corrected chi connectivity index (χ1v) is 7.18. The van der Waals surface area contributed by atoms with Crippen molar-refractivity contribution in [2.45, 2.75) is 18.6 Å². The maximum atomic E-state index is 12.2. The summed E-state index contributed by atoms with van der Waals surface area (Å²) in [6.07, 6.45) is 2.31. The first-order valence-electron chi connectivity index (χ1n) is 7.18. The van der Waals surface area contributed by atoms with Crippen molar-refractivity contribution in [2.24, 2.45) is 0 Å². The number of carboxylic acids is 1. The zero-order valence-electron chi connectivity index (χ0n) is 12.2. The highest BCUT2D eigenvalue weighted by Crippen LogP contribution is 2.16. The smallest absolute Gasteiger partial charge is 0.334 e.